The summed E-state index contributed by atoms with van der Waals surface area (Å²) in [5, 5.41) is 38.2. The van der Waals surface area contributed by atoms with Crippen molar-refractivity contribution >= 4 is 17.5 Å². The van der Waals surface area contributed by atoms with Gasteiger partial charge in [-0.15, -0.1) is 10.1 Å². The number of carbonyl (C=O) groups is 3. The fourth-order valence-electron chi connectivity index (χ4n) is 7.23. The van der Waals surface area contributed by atoms with Gasteiger partial charge in [-0.25, -0.2) is 0 Å². The van der Waals surface area contributed by atoms with Gasteiger partial charge in [0.05, 0.1) is 24.1 Å². The molecule has 6 atom stereocenters. The number of hydrogen-bond acceptors (Lipinski definition) is 10. The van der Waals surface area contributed by atoms with E-state index in [4.69, 9.17) is 20.1 Å². The van der Waals surface area contributed by atoms with Crippen molar-refractivity contribution < 1.29 is 39.4 Å². The lowest BCUT2D eigenvalue weighted by atomic mass is 9.54. The van der Waals surface area contributed by atoms with Crippen LogP contribution in [0.25, 0.3) is 0 Å². The molecule has 4 heterocycles. The van der Waals surface area contributed by atoms with E-state index in [1.54, 1.807) is 0 Å². The van der Waals surface area contributed by atoms with Crippen LogP contribution >= 0.6 is 0 Å². The highest BCUT2D eigenvalue weighted by Crippen LogP contribution is 2.64. The molecular weight excluding hydrogens is 468 g/mol. The summed E-state index contributed by atoms with van der Waals surface area (Å²) >= 11 is 0. The van der Waals surface area contributed by atoms with Crippen LogP contribution in [-0.2, 0) is 19.1 Å². The molecule has 3 N–H and O–H groups in total. The second-order valence-corrected chi connectivity index (χ2v) is 9.54. The summed E-state index contributed by atoms with van der Waals surface area (Å²) in [5.41, 5.74) is 0.637. The number of ketones is 2. The molecule has 0 aromatic rings. The largest absolute Gasteiger partial charge is 0.481 e. The molecule has 14 heteroatoms. The number of hydrogen-bond donors (Lipinski definition) is 3. The molecule has 0 unspecified atom stereocenters. The zero-order valence-electron chi connectivity index (χ0n) is 18.3. The quantitative estimate of drug-likeness (QED) is 0.153. The van der Waals surface area contributed by atoms with Crippen LogP contribution in [0, 0.1) is 37.5 Å². The Morgan fingerprint density at radius 2 is 2.03 bits per heavy atom. The van der Waals surface area contributed by atoms with Gasteiger partial charge in [0.1, 0.15) is 5.70 Å². The van der Waals surface area contributed by atoms with Crippen molar-refractivity contribution in [3.63, 3.8) is 0 Å². The molecule has 0 radical (unpaired) electrons. The minimum atomic E-state index is -1.50. The van der Waals surface area contributed by atoms with Crippen LogP contribution in [0.1, 0.15) is 19.3 Å². The summed E-state index contributed by atoms with van der Waals surface area (Å²) in [6, 6.07) is -0.271. The maximum Gasteiger partial charge on any atom is 0.343 e. The highest BCUT2D eigenvalue weighted by atomic mass is 16.9. The van der Waals surface area contributed by atoms with Crippen molar-refractivity contribution in [2.75, 3.05) is 19.7 Å². The average molecular weight is 490 g/mol. The molecule has 0 aromatic heterocycles. The number of carboxylic acid groups (broad SMARTS) is 1. The van der Waals surface area contributed by atoms with Gasteiger partial charge in [0, 0.05) is 30.0 Å². The first kappa shape index (κ1) is 23.1. The van der Waals surface area contributed by atoms with Crippen molar-refractivity contribution in [1.29, 1.82) is 0 Å². The van der Waals surface area contributed by atoms with Crippen molar-refractivity contribution in [2.45, 2.75) is 37.5 Å². The Bertz CT molecular complexity index is 1150. The van der Waals surface area contributed by atoms with E-state index >= 15 is 0 Å². The Morgan fingerprint density at radius 3 is 2.69 bits per heavy atom. The Kier molecular flexibility index (Phi) is 5.25. The lowest BCUT2D eigenvalue weighted by Crippen LogP contribution is -2.63. The van der Waals surface area contributed by atoms with Crippen LogP contribution in [0.5, 0.6) is 0 Å². The molecule has 186 valence electrons. The molecule has 0 aromatic carbocycles. The lowest BCUT2D eigenvalue weighted by molar-refractivity contribution is -0.742. The van der Waals surface area contributed by atoms with Gasteiger partial charge in [-0.3, -0.25) is 29.4 Å². The van der Waals surface area contributed by atoms with Crippen LogP contribution in [0.2, 0.25) is 0 Å². The summed E-state index contributed by atoms with van der Waals surface area (Å²) in [6.45, 7) is 1.87. The highest BCUT2D eigenvalue weighted by Gasteiger charge is 2.69. The monoisotopic (exact) mass is 490 g/mol. The van der Waals surface area contributed by atoms with Crippen molar-refractivity contribution in [3.8, 4) is 0 Å². The van der Waals surface area contributed by atoms with Crippen LogP contribution in [0.4, 0.5) is 0 Å². The summed E-state index contributed by atoms with van der Waals surface area (Å²) in [6.07, 6.45) is 4.09. The SMILES string of the molecule is O=C(O)C[C@@H]1OCC=C2CN3CC[C@]45C6=CC(=O)C(=O)C([N+](=O)[O-])=C6N[C@H]4[C@H]1[C@H]2C[C@H]35.O=[N+]([O-])O. The van der Waals surface area contributed by atoms with Crippen molar-refractivity contribution in [1.82, 2.24) is 10.2 Å². The second-order valence-electron chi connectivity index (χ2n) is 9.54. The Hall–Kier alpha value is -3.65. The fourth-order valence-corrected chi connectivity index (χ4v) is 7.23. The summed E-state index contributed by atoms with van der Waals surface area (Å²) in [5.74, 6) is -3.05. The topological polar surface area (TPSA) is 202 Å². The third-order valence-corrected chi connectivity index (χ3v) is 8.26. The number of nitrogens with one attached hydrogen (secondary N) is 1. The maximum absolute atomic E-state index is 12.4. The summed E-state index contributed by atoms with van der Waals surface area (Å²) < 4.78 is 6.00. The van der Waals surface area contributed by atoms with E-state index < -0.39 is 44.8 Å². The van der Waals surface area contributed by atoms with Gasteiger partial charge in [0.2, 0.25) is 5.78 Å². The van der Waals surface area contributed by atoms with E-state index in [0.717, 1.165) is 19.5 Å². The maximum atomic E-state index is 12.4. The molecule has 14 nitrogen and oxygen atoms in total. The standard InChI is InChI=1S/C21H21N3O7.HNO3/c25-12-6-11-17(18(19(12)28)24(29)30)22-20-16-10-5-14-21(11,20)2-3-23(14)8-9(10)1-4-31-13(16)7-15(26)27;2-1(3)4/h1,6,10,13-14,16,20,22H,2-5,7-8H2,(H,26,27);(H,2,3,4)/t10-,13-,14-,16-,20-,21+;/m0./s1. The Balaban J connectivity index is 0.000000591. The second kappa shape index (κ2) is 7.95. The van der Waals surface area contributed by atoms with Crippen LogP contribution in [-0.4, -0.2) is 80.6 Å². The first-order valence-corrected chi connectivity index (χ1v) is 11.1. The number of nitro groups is 1. The van der Waals surface area contributed by atoms with Gasteiger partial charge < -0.3 is 20.4 Å². The van der Waals surface area contributed by atoms with Gasteiger partial charge in [-0.05, 0) is 37.0 Å². The predicted octanol–water partition coefficient (Wildman–Crippen LogP) is -0.313. The van der Waals surface area contributed by atoms with E-state index in [-0.39, 0.29) is 36.0 Å². The smallest absolute Gasteiger partial charge is 0.343 e. The van der Waals surface area contributed by atoms with E-state index in [9.17, 15) is 29.6 Å². The number of carboxylic acids is 1. The zero-order valence-corrected chi connectivity index (χ0v) is 18.3. The molecule has 0 amide bonds. The van der Waals surface area contributed by atoms with Gasteiger partial charge in [0.25, 0.3) is 5.09 Å². The average Bonchev–Trinajstić information content (AvgIpc) is 3.23. The number of aliphatic carboxylic acids is 1. The number of fused-ring (bicyclic) bond motifs is 2. The first-order valence-electron chi connectivity index (χ1n) is 11.1. The van der Waals surface area contributed by atoms with Gasteiger partial charge in [-0.1, -0.05) is 11.6 Å². The first-order chi connectivity index (χ1) is 16.6. The molecule has 2 aliphatic carbocycles. The number of carbonyl (C=O) groups excluding carboxylic acids is 2. The summed E-state index contributed by atoms with van der Waals surface area (Å²) in [4.78, 5) is 58.1. The molecule has 1 spiro atoms. The number of nitrogens with zero attached hydrogens (tertiary/aromatic N) is 3. The van der Waals surface area contributed by atoms with E-state index in [1.165, 1.54) is 11.6 Å². The number of rotatable bonds is 3. The number of ether oxygens (including phenoxy) is 1. The lowest BCUT2D eigenvalue weighted by Gasteiger charge is -2.55. The van der Waals surface area contributed by atoms with Gasteiger partial charge in [-0.2, -0.15) is 0 Å². The van der Waals surface area contributed by atoms with E-state index in [1.807, 2.05) is 0 Å². The highest BCUT2D eigenvalue weighted by molar-refractivity contribution is 6.48. The number of Topliss-reactive ketones (excluding diaryl/α,β-unsaturated/α-hetero) is 1. The number of piperidine rings is 1. The predicted molar refractivity (Wildman–Crippen MR) is 112 cm³/mol. The molecule has 2 bridgehead atoms. The Morgan fingerprint density at radius 1 is 1.31 bits per heavy atom. The molecule has 1 saturated carbocycles. The van der Waals surface area contributed by atoms with Crippen molar-refractivity contribution in [3.05, 3.63) is 54.9 Å². The third kappa shape index (κ3) is 3.27. The van der Waals surface area contributed by atoms with Crippen LogP contribution < -0.4 is 5.32 Å². The van der Waals surface area contributed by atoms with E-state index in [0.29, 0.717) is 18.6 Å². The Labute approximate surface area is 197 Å². The number of allylic oxidation sites excluding steroid dienone is 3. The van der Waals surface area contributed by atoms with Gasteiger partial charge >= 0.3 is 17.4 Å². The normalized spacial score (nSPS) is 36.5. The molecule has 3 saturated heterocycles. The van der Waals surface area contributed by atoms with Crippen molar-refractivity contribution in [2.24, 2.45) is 17.3 Å². The fraction of sp³-hybridized carbons (Fsp3) is 0.571. The minimum absolute atomic E-state index is 0.0738. The molecular formula is C21H22N4O10. The molecule has 4 fully saturated rings. The third-order valence-electron chi connectivity index (χ3n) is 8.26. The zero-order chi connectivity index (χ0) is 25.2. The minimum Gasteiger partial charge on any atom is -0.481 e. The molecule has 4 aliphatic heterocycles. The van der Waals surface area contributed by atoms with Gasteiger partial charge in [0.15, 0.2) is 0 Å². The van der Waals surface area contributed by atoms with E-state index in [2.05, 4.69) is 16.3 Å². The molecule has 35 heavy (non-hydrogen) atoms. The van der Waals surface area contributed by atoms with Crippen LogP contribution in [0.15, 0.2) is 34.7 Å². The molecule has 6 rings (SSSR count). The molecule has 6 aliphatic rings. The van der Waals surface area contributed by atoms with Crippen LogP contribution in [0.3, 0.4) is 0 Å². The summed E-state index contributed by atoms with van der Waals surface area (Å²) in [7, 11) is 0.